The standard InChI is InChI=1S/C8H9NO2/c1-9-6-2-3-7(9)4-5-8(10)11/h2-6H,1H3,(H,10,11)/p-1. The van der Waals surface area contributed by atoms with Crippen molar-refractivity contribution in [1.82, 2.24) is 4.57 Å². The van der Waals surface area contributed by atoms with Crippen molar-refractivity contribution in [3.05, 3.63) is 30.1 Å². The van der Waals surface area contributed by atoms with Crippen LogP contribution in [-0.2, 0) is 11.8 Å². The van der Waals surface area contributed by atoms with Gasteiger partial charge in [0.2, 0.25) is 0 Å². The van der Waals surface area contributed by atoms with E-state index in [0.717, 1.165) is 11.8 Å². The molecule has 0 saturated heterocycles. The molecule has 0 aromatic carbocycles. The Kier molecular flexibility index (Phi) is 2.11. The largest absolute Gasteiger partial charge is 0.545 e. The predicted octanol–water partition coefficient (Wildman–Crippen LogP) is -0.212. The Hall–Kier alpha value is -1.51. The third-order valence-corrected chi connectivity index (χ3v) is 1.37. The number of carboxylic acids is 1. The lowest BCUT2D eigenvalue weighted by molar-refractivity contribution is -0.297. The number of rotatable bonds is 2. The first-order chi connectivity index (χ1) is 5.20. The minimum Gasteiger partial charge on any atom is -0.545 e. The fourth-order valence-electron chi connectivity index (χ4n) is 0.801. The minimum absolute atomic E-state index is 0.842. The smallest absolute Gasteiger partial charge is 0.0643 e. The highest BCUT2D eigenvalue weighted by Gasteiger charge is 1.88. The van der Waals surface area contributed by atoms with Crippen LogP contribution in [0.4, 0.5) is 0 Å². The molecule has 0 N–H and O–H groups in total. The van der Waals surface area contributed by atoms with Gasteiger partial charge in [0.05, 0.1) is 5.97 Å². The molecule has 11 heavy (non-hydrogen) atoms. The molecule has 3 nitrogen and oxygen atoms in total. The summed E-state index contributed by atoms with van der Waals surface area (Å²) in [7, 11) is 1.84. The van der Waals surface area contributed by atoms with Crippen LogP contribution in [0.5, 0.6) is 0 Å². The van der Waals surface area contributed by atoms with Crippen LogP contribution < -0.4 is 5.11 Å². The Labute approximate surface area is 64.6 Å². The Bertz CT molecular complexity index is 286. The molecule has 1 aromatic rings. The van der Waals surface area contributed by atoms with E-state index < -0.39 is 5.97 Å². The zero-order valence-electron chi connectivity index (χ0n) is 6.15. The second kappa shape index (κ2) is 3.05. The van der Waals surface area contributed by atoms with Gasteiger partial charge >= 0.3 is 0 Å². The van der Waals surface area contributed by atoms with E-state index in [9.17, 15) is 9.90 Å². The highest BCUT2D eigenvalue weighted by Crippen LogP contribution is 2.00. The number of carbonyl (C=O) groups excluding carboxylic acids is 1. The van der Waals surface area contributed by atoms with Gasteiger partial charge < -0.3 is 14.5 Å². The van der Waals surface area contributed by atoms with Gasteiger partial charge in [-0.2, -0.15) is 0 Å². The summed E-state index contributed by atoms with van der Waals surface area (Å²) in [6, 6.07) is 3.66. The molecule has 0 spiro atoms. The van der Waals surface area contributed by atoms with Crippen molar-refractivity contribution in [1.29, 1.82) is 0 Å². The molecule has 0 aliphatic carbocycles. The topological polar surface area (TPSA) is 45.1 Å². The maximum absolute atomic E-state index is 10.00. The molecule has 0 bridgehead atoms. The van der Waals surface area contributed by atoms with Gasteiger partial charge in [0.25, 0.3) is 0 Å². The van der Waals surface area contributed by atoms with Crippen LogP contribution in [-0.4, -0.2) is 10.5 Å². The van der Waals surface area contributed by atoms with Crippen LogP contribution in [0, 0.1) is 0 Å². The van der Waals surface area contributed by atoms with Crippen molar-refractivity contribution in [3.63, 3.8) is 0 Å². The fourth-order valence-corrected chi connectivity index (χ4v) is 0.801. The SMILES string of the molecule is Cn1cccc1C=CC(=O)[O-]. The highest BCUT2D eigenvalue weighted by molar-refractivity contribution is 5.83. The Morgan fingerprint density at radius 1 is 1.73 bits per heavy atom. The molecule has 0 fully saturated rings. The number of aryl methyl sites for hydroxylation is 1. The van der Waals surface area contributed by atoms with Crippen LogP contribution in [0.1, 0.15) is 5.69 Å². The molecule has 0 unspecified atom stereocenters. The molecule has 3 heteroatoms. The van der Waals surface area contributed by atoms with Gasteiger partial charge in [-0.3, -0.25) is 0 Å². The first-order valence-electron chi connectivity index (χ1n) is 3.20. The Morgan fingerprint density at radius 3 is 2.91 bits per heavy atom. The van der Waals surface area contributed by atoms with Crippen LogP contribution in [0.25, 0.3) is 6.08 Å². The van der Waals surface area contributed by atoms with E-state index in [1.807, 2.05) is 29.9 Å². The summed E-state index contributed by atoms with van der Waals surface area (Å²) in [5.41, 5.74) is 0.842. The first kappa shape index (κ1) is 7.60. The van der Waals surface area contributed by atoms with Gasteiger partial charge in [-0.25, -0.2) is 0 Å². The molecule has 58 valence electrons. The molecule has 1 rings (SSSR count). The molecule has 0 aliphatic rings. The average Bonchev–Trinajstić information content (AvgIpc) is 2.31. The molecule has 0 atom stereocenters. The number of aliphatic carboxylic acids is 1. The number of carboxylic acid groups (broad SMARTS) is 1. The molecule has 0 amide bonds. The third kappa shape index (κ3) is 1.97. The molecule has 0 radical (unpaired) electrons. The summed E-state index contributed by atoms with van der Waals surface area (Å²) >= 11 is 0. The van der Waals surface area contributed by atoms with E-state index in [-0.39, 0.29) is 0 Å². The van der Waals surface area contributed by atoms with Crippen molar-refractivity contribution in [2.24, 2.45) is 7.05 Å². The fraction of sp³-hybridized carbons (Fsp3) is 0.125. The normalized spacial score (nSPS) is 10.6. The van der Waals surface area contributed by atoms with Gasteiger partial charge in [0.15, 0.2) is 0 Å². The number of carbonyl (C=O) groups is 1. The van der Waals surface area contributed by atoms with E-state index >= 15 is 0 Å². The Morgan fingerprint density at radius 2 is 2.45 bits per heavy atom. The van der Waals surface area contributed by atoms with Crippen LogP contribution >= 0.6 is 0 Å². The van der Waals surface area contributed by atoms with Gasteiger partial charge in [-0.05, 0) is 24.3 Å². The van der Waals surface area contributed by atoms with Crippen molar-refractivity contribution in [2.45, 2.75) is 0 Å². The van der Waals surface area contributed by atoms with Crippen molar-refractivity contribution >= 4 is 12.0 Å². The lowest BCUT2D eigenvalue weighted by Gasteiger charge is -1.95. The zero-order valence-corrected chi connectivity index (χ0v) is 6.15. The van der Waals surface area contributed by atoms with Crippen LogP contribution in [0.15, 0.2) is 24.4 Å². The molecule has 0 saturated carbocycles. The summed E-state index contributed by atoms with van der Waals surface area (Å²) < 4.78 is 1.82. The molecule has 1 aromatic heterocycles. The first-order valence-corrected chi connectivity index (χ1v) is 3.20. The maximum Gasteiger partial charge on any atom is 0.0643 e. The van der Waals surface area contributed by atoms with E-state index in [1.165, 1.54) is 6.08 Å². The number of hydrogen-bond donors (Lipinski definition) is 0. The molecule has 0 aliphatic heterocycles. The highest BCUT2D eigenvalue weighted by atomic mass is 16.4. The summed E-state index contributed by atoms with van der Waals surface area (Å²) in [5.74, 6) is -1.17. The second-order valence-electron chi connectivity index (χ2n) is 2.20. The van der Waals surface area contributed by atoms with E-state index in [4.69, 9.17) is 0 Å². The van der Waals surface area contributed by atoms with Crippen molar-refractivity contribution in [3.8, 4) is 0 Å². The van der Waals surface area contributed by atoms with E-state index in [2.05, 4.69) is 0 Å². The summed E-state index contributed by atoms with van der Waals surface area (Å²) in [6.07, 6.45) is 4.35. The number of hydrogen-bond acceptors (Lipinski definition) is 2. The van der Waals surface area contributed by atoms with Crippen LogP contribution in [0.3, 0.4) is 0 Å². The minimum atomic E-state index is -1.17. The van der Waals surface area contributed by atoms with E-state index in [1.54, 1.807) is 0 Å². The molecular weight excluding hydrogens is 142 g/mol. The quantitative estimate of drug-likeness (QED) is 0.547. The predicted molar refractivity (Wildman–Crippen MR) is 39.5 cm³/mol. The van der Waals surface area contributed by atoms with Crippen LogP contribution in [0.2, 0.25) is 0 Å². The van der Waals surface area contributed by atoms with Gasteiger partial charge in [-0.1, -0.05) is 0 Å². The van der Waals surface area contributed by atoms with Crippen molar-refractivity contribution in [2.75, 3.05) is 0 Å². The second-order valence-corrected chi connectivity index (χ2v) is 2.20. The lowest BCUT2D eigenvalue weighted by atomic mass is 10.4. The molecule has 1 heterocycles. The maximum atomic E-state index is 10.00. The monoisotopic (exact) mass is 150 g/mol. The third-order valence-electron chi connectivity index (χ3n) is 1.37. The van der Waals surface area contributed by atoms with Gasteiger partial charge in [0, 0.05) is 18.9 Å². The summed E-state index contributed by atoms with van der Waals surface area (Å²) in [5, 5.41) is 10.00. The average molecular weight is 150 g/mol. The van der Waals surface area contributed by atoms with Crippen molar-refractivity contribution < 1.29 is 9.90 Å². The zero-order chi connectivity index (χ0) is 8.27. The van der Waals surface area contributed by atoms with Gasteiger partial charge in [0.1, 0.15) is 0 Å². The molecular formula is C8H8NO2-. The van der Waals surface area contributed by atoms with Gasteiger partial charge in [-0.15, -0.1) is 0 Å². The number of aromatic nitrogens is 1. The Balaban J connectivity index is 2.79. The summed E-state index contributed by atoms with van der Waals surface area (Å²) in [4.78, 5) is 10.00. The summed E-state index contributed by atoms with van der Waals surface area (Å²) in [6.45, 7) is 0. The number of nitrogens with zero attached hydrogens (tertiary/aromatic N) is 1. The van der Waals surface area contributed by atoms with E-state index in [0.29, 0.717) is 0 Å². The lowest BCUT2D eigenvalue weighted by Crippen LogP contribution is -2.18.